The summed E-state index contributed by atoms with van der Waals surface area (Å²) in [5, 5.41) is 10.4. The van der Waals surface area contributed by atoms with E-state index in [1.807, 2.05) is 0 Å². The minimum Gasteiger partial charge on any atom is -0.503 e. The molecule has 25 heavy (non-hydrogen) atoms. The third-order valence-electron chi connectivity index (χ3n) is 4.03. The lowest BCUT2D eigenvalue weighted by Gasteiger charge is -2.27. The molecule has 6 heteroatoms. The van der Waals surface area contributed by atoms with Crippen molar-refractivity contribution < 1.29 is 23.5 Å². The maximum Gasteiger partial charge on any atom is 0.294 e. The number of aliphatic hydroxyl groups is 1. The first-order valence-corrected chi connectivity index (χ1v) is 7.82. The van der Waals surface area contributed by atoms with E-state index in [2.05, 4.69) is 0 Å². The SMILES string of the molecule is CC(C)(C)C(=O)C1=C(O)C(=O)N(c2cccc(F)c2)C1c1ccco1. The van der Waals surface area contributed by atoms with Crippen molar-refractivity contribution in [3.8, 4) is 0 Å². The summed E-state index contributed by atoms with van der Waals surface area (Å²) in [4.78, 5) is 26.7. The number of nitrogens with zero attached hydrogens (tertiary/aromatic N) is 1. The molecule has 5 nitrogen and oxygen atoms in total. The summed E-state index contributed by atoms with van der Waals surface area (Å²) in [6.07, 6.45) is 1.41. The number of furan rings is 1. The van der Waals surface area contributed by atoms with Crippen molar-refractivity contribution in [3.05, 3.63) is 65.6 Å². The summed E-state index contributed by atoms with van der Waals surface area (Å²) in [5.74, 6) is -1.99. The van der Waals surface area contributed by atoms with Crippen LogP contribution in [0.1, 0.15) is 32.6 Å². The van der Waals surface area contributed by atoms with E-state index in [1.165, 1.54) is 35.4 Å². The summed E-state index contributed by atoms with van der Waals surface area (Å²) >= 11 is 0. The zero-order chi connectivity index (χ0) is 18.4. The Labute approximate surface area is 144 Å². The number of ketones is 1. The van der Waals surface area contributed by atoms with Crippen LogP contribution in [0.15, 0.2) is 58.4 Å². The number of hydrogen-bond acceptors (Lipinski definition) is 4. The van der Waals surface area contributed by atoms with Gasteiger partial charge in [0.25, 0.3) is 5.91 Å². The average molecular weight is 343 g/mol. The third-order valence-corrected chi connectivity index (χ3v) is 4.03. The van der Waals surface area contributed by atoms with Crippen LogP contribution in [-0.2, 0) is 9.59 Å². The van der Waals surface area contributed by atoms with Crippen molar-refractivity contribution in [3.63, 3.8) is 0 Å². The van der Waals surface area contributed by atoms with E-state index >= 15 is 0 Å². The Balaban J connectivity index is 2.18. The molecular weight excluding hydrogens is 325 g/mol. The maximum absolute atomic E-state index is 13.7. The molecular formula is C19H18FNO4. The van der Waals surface area contributed by atoms with E-state index in [4.69, 9.17) is 4.42 Å². The zero-order valence-electron chi connectivity index (χ0n) is 14.1. The van der Waals surface area contributed by atoms with Gasteiger partial charge in [0.1, 0.15) is 17.6 Å². The largest absolute Gasteiger partial charge is 0.503 e. The number of carbonyl (C=O) groups excluding carboxylic acids is 2. The highest BCUT2D eigenvalue weighted by atomic mass is 19.1. The van der Waals surface area contributed by atoms with Crippen molar-refractivity contribution in [1.29, 1.82) is 0 Å². The van der Waals surface area contributed by atoms with Crippen LogP contribution < -0.4 is 4.90 Å². The molecule has 0 saturated carbocycles. The van der Waals surface area contributed by atoms with Gasteiger partial charge in [0.2, 0.25) is 0 Å². The normalized spacial score (nSPS) is 18.2. The van der Waals surface area contributed by atoms with E-state index in [1.54, 1.807) is 32.9 Å². The number of anilines is 1. The molecule has 2 heterocycles. The minimum absolute atomic E-state index is 0.0447. The smallest absolute Gasteiger partial charge is 0.294 e. The minimum atomic E-state index is -0.948. The number of hydrogen-bond donors (Lipinski definition) is 1. The van der Waals surface area contributed by atoms with E-state index < -0.39 is 28.9 Å². The third kappa shape index (κ3) is 2.84. The summed E-state index contributed by atoms with van der Waals surface area (Å²) in [6.45, 7) is 5.10. The lowest BCUT2D eigenvalue weighted by molar-refractivity contribution is -0.123. The van der Waals surface area contributed by atoms with Gasteiger partial charge in [-0.1, -0.05) is 26.8 Å². The molecule has 0 saturated heterocycles. The molecule has 1 unspecified atom stereocenters. The van der Waals surface area contributed by atoms with Crippen LogP contribution in [0.2, 0.25) is 0 Å². The molecule has 0 fully saturated rings. The van der Waals surface area contributed by atoms with Crippen LogP contribution in [0, 0.1) is 11.2 Å². The second kappa shape index (κ2) is 5.88. The predicted octanol–water partition coefficient (Wildman–Crippen LogP) is 3.93. The molecule has 3 rings (SSSR count). The van der Waals surface area contributed by atoms with Crippen LogP contribution in [0.4, 0.5) is 10.1 Å². The Morgan fingerprint density at radius 2 is 1.96 bits per heavy atom. The van der Waals surface area contributed by atoms with Crippen LogP contribution >= 0.6 is 0 Å². The van der Waals surface area contributed by atoms with E-state index in [-0.39, 0.29) is 17.0 Å². The fourth-order valence-electron chi connectivity index (χ4n) is 2.85. The number of rotatable bonds is 3. The Morgan fingerprint density at radius 1 is 1.24 bits per heavy atom. The molecule has 1 aromatic heterocycles. The van der Waals surface area contributed by atoms with Gasteiger partial charge in [-0.25, -0.2) is 4.39 Å². The number of halogens is 1. The standard InChI is InChI=1S/C19H18FNO4/c1-19(2,3)17(23)14-15(13-8-5-9-25-13)21(18(24)16(14)22)12-7-4-6-11(20)10-12/h4-10,15,22H,1-3H3. The molecule has 0 radical (unpaired) electrons. The molecule has 1 aliphatic heterocycles. The predicted molar refractivity (Wildman–Crippen MR) is 89.5 cm³/mol. The first-order valence-electron chi connectivity index (χ1n) is 7.82. The Kier molecular flexibility index (Phi) is 3.99. The van der Waals surface area contributed by atoms with Gasteiger partial charge >= 0.3 is 0 Å². The van der Waals surface area contributed by atoms with Gasteiger partial charge in [-0.3, -0.25) is 14.5 Å². The van der Waals surface area contributed by atoms with Gasteiger partial charge in [-0.05, 0) is 30.3 Å². The van der Waals surface area contributed by atoms with E-state index in [9.17, 15) is 19.1 Å². The molecule has 2 aromatic rings. The molecule has 0 aliphatic carbocycles. The van der Waals surface area contributed by atoms with Crippen LogP contribution in [0.3, 0.4) is 0 Å². The number of carbonyl (C=O) groups is 2. The highest BCUT2D eigenvalue weighted by molar-refractivity contribution is 6.17. The molecule has 1 N–H and O–H groups in total. The van der Waals surface area contributed by atoms with Gasteiger partial charge in [0.05, 0.1) is 11.8 Å². The van der Waals surface area contributed by atoms with E-state index in [0.717, 1.165) is 0 Å². The Morgan fingerprint density at radius 3 is 2.52 bits per heavy atom. The van der Waals surface area contributed by atoms with Crippen LogP contribution in [0.25, 0.3) is 0 Å². The molecule has 1 amide bonds. The first-order chi connectivity index (χ1) is 11.7. The molecule has 1 aromatic carbocycles. The summed E-state index contributed by atoms with van der Waals surface area (Å²) < 4.78 is 19.1. The maximum atomic E-state index is 13.7. The number of Topliss-reactive ketones (excluding diaryl/α,β-unsaturated/α-hetero) is 1. The number of amides is 1. The Bertz CT molecular complexity index is 862. The Hall–Kier alpha value is -2.89. The van der Waals surface area contributed by atoms with Crippen molar-refractivity contribution in [1.82, 2.24) is 0 Å². The van der Waals surface area contributed by atoms with Crippen molar-refractivity contribution >= 4 is 17.4 Å². The monoisotopic (exact) mass is 343 g/mol. The fourth-order valence-corrected chi connectivity index (χ4v) is 2.85. The summed E-state index contributed by atoms with van der Waals surface area (Å²) in [5.41, 5.74) is -0.627. The number of benzene rings is 1. The van der Waals surface area contributed by atoms with Gasteiger partial charge in [0, 0.05) is 11.1 Å². The highest BCUT2D eigenvalue weighted by Crippen LogP contribution is 2.43. The first kappa shape index (κ1) is 17.0. The summed E-state index contributed by atoms with van der Waals surface area (Å²) in [7, 11) is 0. The number of aliphatic hydroxyl groups excluding tert-OH is 1. The lowest BCUT2D eigenvalue weighted by atomic mass is 9.83. The lowest BCUT2D eigenvalue weighted by Crippen LogP contribution is -2.32. The quantitative estimate of drug-likeness (QED) is 0.916. The van der Waals surface area contributed by atoms with Gasteiger partial charge in [-0.15, -0.1) is 0 Å². The zero-order valence-corrected chi connectivity index (χ0v) is 14.1. The van der Waals surface area contributed by atoms with Gasteiger partial charge in [0.15, 0.2) is 11.5 Å². The van der Waals surface area contributed by atoms with Crippen LogP contribution in [-0.4, -0.2) is 16.8 Å². The average Bonchev–Trinajstić information content (AvgIpc) is 3.13. The van der Waals surface area contributed by atoms with Crippen molar-refractivity contribution in [2.75, 3.05) is 4.90 Å². The molecule has 130 valence electrons. The van der Waals surface area contributed by atoms with Gasteiger partial charge < -0.3 is 9.52 Å². The van der Waals surface area contributed by atoms with E-state index in [0.29, 0.717) is 5.76 Å². The fraction of sp³-hybridized carbons (Fsp3) is 0.263. The van der Waals surface area contributed by atoms with Crippen molar-refractivity contribution in [2.24, 2.45) is 5.41 Å². The molecule has 1 aliphatic rings. The molecule has 0 spiro atoms. The molecule has 1 atom stereocenters. The second-order valence-corrected chi connectivity index (χ2v) is 6.91. The van der Waals surface area contributed by atoms with Crippen molar-refractivity contribution in [2.45, 2.75) is 26.8 Å². The molecule has 0 bridgehead atoms. The van der Waals surface area contributed by atoms with Crippen LogP contribution in [0.5, 0.6) is 0 Å². The summed E-state index contributed by atoms with van der Waals surface area (Å²) in [6, 6.07) is 7.70. The topological polar surface area (TPSA) is 70.8 Å². The highest BCUT2D eigenvalue weighted by Gasteiger charge is 2.47. The van der Waals surface area contributed by atoms with Gasteiger partial charge in [-0.2, -0.15) is 0 Å². The second-order valence-electron chi connectivity index (χ2n) is 6.91.